The largest absolute Gasteiger partial charge is 0.434 e. The van der Waals surface area contributed by atoms with Crippen LogP contribution in [0.3, 0.4) is 0 Å². The smallest absolute Gasteiger partial charge is 0.387 e. The molecule has 0 saturated carbocycles. The lowest BCUT2D eigenvalue weighted by Crippen LogP contribution is -2.23. The molecule has 4 aromatic rings. The summed E-state index contributed by atoms with van der Waals surface area (Å²) in [6.45, 7) is 0.345. The zero-order chi connectivity index (χ0) is 26.5. The number of aliphatic hydroxyl groups excluding tert-OH is 1. The minimum absolute atomic E-state index is 0.139. The standard InChI is InChI=1S/C27H21ClF3N3O3/c1-27(2,13-32)15-5-3-14(4-6-15)18-11-34-22(10-19(18)29)33-23-20(35)12-36-25(24(23)34)17-9-16(28)7-8-21(17)37-26(30)31/h3-11,20,25-26,35H,12H2,1-2H3/t20-,25?/m1/s1. The van der Waals surface area contributed by atoms with E-state index >= 15 is 4.39 Å². The third-order valence-corrected chi connectivity index (χ3v) is 6.66. The number of fused-ring (bicyclic) bond motifs is 3. The second-order valence-corrected chi connectivity index (χ2v) is 9.69. The Morgan fingerprint density at radius 3 is 2.62 bits per heavy atom. The van der Waals surface area contributed by atoms with Crippen molar-refractivity contribution in [2.75, 3.05) is 6.61 Å². The van der Waals surface area contributed by atoms with Gasteiger partial charge in [0.05, 0.1) is 29.5 Å². The number of benzene rings is 2. The molecule has 190 valence electrons. The molecule has 1 aliphatic heterocycles. The third kappa shape index (κ3) is 4.53. The molecule has 1 aliphatic rings. The monoisotopic (exact) mass is 527 g/mol. The second kappa shape index (κ2) is 9.38. The van der Waals surface area contributed by atoms with Crippen LogP contribution in [0.4, 0.5) is 13.2 Å². The van der Waals surface area contributed by atoms with Gasteiger partial charge in [0, 0.05) is 28.4 Å². The van der Waals surface area contributed by atoms with Gasteiger partial charge in [-0.1, -0.05) is 35.9 Å². The third-order valence-electron chi connectivity index (χ3n) is 6.43. The van der Waals surface area contributed by atoms with Crippen molar-refractivity contribution in [1.29, 1.82) is 5.26 Å². The number of hydrogen-bond donors (Lipinski definition) is 1. The van der Waals surface area contributed by atoms with E-state index in [2.05, 4.69) is 11.1 Å². The molecular formula is C27H21ClF3N3O3. The van der Waals surface area contributed by atoms with Crippen LogP contribution in [-0.2, 0) is 10.2 Å². The van der Waals surface area contributed by atoms with Crippen LogP contribution in [0.5, 0.6) is 5.75 Å². The van der Waals surface area contributed by atoms with Gasteiger partial charge in [0.2, 0.25) is 0 Å². The van der Waals surface area contributed by atoms with E-state index < -0.39 is 30.1 Å². The Bertz CT molecular complexity index is 1530. The van der Waals surface area contributed by atoms with Crippen molar-refractivity contribution in [2.24, 2.45) is 0 Å². The van der Waals surface area contributed by atoms with Crippen LogP contribution >= 0.6 is 11.6 Å². The summed E-state index contributed by atoms with van der Waals surface area (Å²) in [5.41, 5.74) is 1.88. The number of pyridine rings is 1. The van der Waals surface area contributed by atoms with Gasteiger partial charge in [-0.3, -0.25) is 4.40 Å². The molecule has 0 fully saturated rings. The van der Waals surface area contributed by atoms with Crippen molar-refractivity contribution in [2.45, 2.75) is 38.1 Å². The maximum Gasteiger partial charge on any atom is 0.387 e. The van der Waals surface area contributed by atoms with Crippen molar-refractivity contribution in [3.8, 4) is 22.9 Å². The molecule has 0 spiro atoms. The number of aliphatic hydroxyl groups is 1. The van der Waals surface area contributed by atoms with Crippen LogP contribution in [0.2, 0.25) is 5.02 Å². The molecule has 3 heterocycles. The first-order chi connectivity index (χ1) is 17.6. The van der Waals surface area contributed by atoms with Crippen LogP contribution in [-0.4, -0.2) is 27.7 Å². The Kier molecular flexibility index (Phi) is 6.36. The maximum absolute atomic E-state index is 15.2. The maximum atomic E-state index is 15.2. The molecular weight excluding hydrogens is 507 g/mol. The Morgan fingerprint density at radius 1 is 1.22 bits per heavy atom. The second-order valence-electron chi connectivity index (χ2n) is 9.25. The van der Waals surface area contributed by atoms with Crippen molar-refractivity contribution in [1.82, 2.24) is 9.38 Å². The number of rotatable bonds is 5. The Balaban J connectivity index is 1.67. The Hall–Kier alpha value is -3.58. The number of aromatic nitrogens is 2. The van der Waals surface area contributed by atoms with Crippen molar-refractivity contribution >= 4 is 17.2 Å². The highest BCUT2D eigenvalue weighted by Crippen LogP contribution is 2.42. The van der Waals surface area contributed by atoms with Crippen LogP contribution < -0.4 is 4.74 Å². The summed E-state index contributed by atoms with van der Waals surface area (Å²) >= 11 is 6.16. The first-order valence-corrected chi connectivity index (χ1v) is 11.7. The van der Waals surface area contributed by atoms with Gasteiger partial charge >= 0.3 is 6.61 Å². The molecule has 10 heteroatoms. The van der Waals surface area contributed by atoms with Gasteiger partial charge in [-0.05, 0) is 43.2 Å². The van der Waals surface area contributed by atoms with E-state index in [0.717, 1.165) is 5.56 Å². The zero-order valence-corrected chi connectivity index (χ0v) is 20.5. The molecule has 2 aromatic heterocycles. The van der Waals surface area contributed by atoms with E-state index in [1.54, 1.807) is 42.5 Å². The minimum atomic E-state index is -3.08. The van der Waals surface area contributed by atoms with Gasteiger partial charge in [0.15, 0.2) is 0 Å². The highest BCUT2D eigenvalue weighted by molar-refractivity contribution is 6.30. The lowest BCUT2D eigenvalue weighted by molar-refractivity contribution is -0.0548. The van der Waals surface area contributed by atoms with Gasteiger partial charge < -0.3 is 14.6 Å². The summed E-state index contributed by atoms with van der Waals surface area (Å²) < 4.78 is 53.6. The molecule has 0 aliphatic carbocycles. The van der Waals surface area contributed by atoms with E-state index in [4.69, 9.17) is 21.1 Å². The molecule has 0 radical (unpaired) electrons. The van der Waals surface area contributed by atoms with E-state index in [0.29, 0.717) is 11.3 Å². The van der Waals surface area contributed by atoms with Crippen LogP contribution in [0.15, 0.2) is 54.7 Å². The van der Waals surface area contributed by atoms with Crippen molar-refractivity contribution in [3.63, 3.8) is 0 Å². The molecule has 1 unspecified atom stereocenters. The van der Waals surface area contributed by atoms with Crippen LogP contribution in [0.1, 0.15) is 48.6 Å². The predicted octanol–water partition coefficient (Wildman–Crippen LogP) is 6.35. The van der Waals surface area contributed by atoms with E-state index in [-0.39, 0.29) is 39.8 Å². The highest BCUT2D eigenvalue weighted by Gasteiger charge is 2.35. The number of nitriles is 1. The van der Waals surface area contributed by atoms with Gasteiger partial charge in [-0.15, -0.1) is 0 Å². The molecule has 6 nitrogen and oxygen atoms in total. The molecule has 0 amide bonds. The molecule has 0 saturated heterocycles. The fraction of sp³-hybridized carbons (Fsp3) is 0.259. The first kappa shape index (κ1) is 25.1. The minimum Gasteiger partial charge on any atom is -0.434 e. The quantitative estimate of drug-likeness (QED) is 0.327. The van der Waals surface area contributed by atoms with Gasteiger partial charge in [0.25, 0.3) is 0 Å². The average molecular weight is 528 g/mol. The van der Waals surface area contributed by atoms with Crippen molar-refractivity contribution < 1.29 is 27.8 Å². The normalized spacial score (nSPS) is 17.6. The SMILES string of the molecule is CC(C)(C#N)c1ccc(-c2cn3c4c(nc3cc2F)[C@H](O)COC4c2cc(Cl)ccc2OC(F)F)cc1. The number of halogens is 4. The van der Waals surface area contributed by atoms with Gasteiger partial charge in [-0.2, -0.15) is 14.0 Å². The first-order valence-electron chi connectivity index (χ1n) is 11.4. The summed E-state index contributed by atoms with van der Waals surface area (Å²) in [4.78, 5) is 4.41. The van der Waals surface area contributed by atoms with E-state index in [9.17, 15) is 19.1 Å². The number of alkyl halides is 2. The summed E-state index contributed by atoms with van der Waals surface area (Å²) in [5.74, 6) is -0.682. The predicted molar refractivity (Wildman–Crippen MR) is 130 cm³/mol. The molecule has 0 bridgehead atoms. The van der Waals surface area contributed by atoms with Crippen molar-refractivity contribution in [3.05, 3.63) is 88.1 Å². The average Bonchev–Trinajstić information content (AvgIpc) is 3.24. The molecule has 37 heavy (non-hydrogen) atoms. The van der Waals surface area contributed by atoms with Crippen LogP contribution in [0, 0.1) is 17.1 Å². The molecule has 5 rings (SSSR count). The summed E-state index contributed by atoms with van der Waals surface area (Å²) in [7, 11) is 0. The number of imidazole rings is 1. The Morgan fingerprint density at radius 2 is 1.95 bits per heavy atom. The number of nitrogens with zero attached hydrogens (tertiary/aromatic N) is 3. The lowest BCUT2D eigenvalue weighted by atomic mass is 9.85. The van der Waals surface area contributed by atoms with Gasteiger partial charge in [0.1, 0.15) is 29.4 Å². The Labute approximate surface area is 215 Å². The molecule has 2 aromatic carbocycles. The molecule has 2 atom stereocenters. The summed E-state index contributed by atoms with van der Waals surface area (Å²) in [5, 5.41) is 20.3. The zero-order valence-electron chi connectivity index (χ0n) is 19.8. The number of hydrogen-bond acceptors (Lipinski definition) is 5. The summed E-state index contributed by atoms with van der Waals surface area (Å²) in [6.07, 6.45) is -0.560. The fourth-order valence-corrected chi connectivity index (χ4v) is 4.64. The number of ether oxygens (including phenoxy) is 2. The van der Waals surface area contributed by atoms with E-state index in [1.807, 2.05) is 0 Å². The fourth-order valence-electron chi connectivity index (χ4n) is 4.46. The van der Waals surface area contributed by atoms with Crippen LogP contribution in [0.25, 0.3) is 16.8 Å². The molecule has 1 N–H and O–H groups in total. The van der Waals surface area contributed by atoms with E-state index in [1.165, 1.54) is 30.5 Å². The van der Waals surface area contributed by atoms with Gasteiger partial charge in [-0.25, -0.2) is 9.37 Å². The topological polar surface area (TPSA) is 79.8 Å². The highest BCUT2D eigenvalue weighted by atomic mass is 35.5. The lowest BCUT2D eigenvalue weighted by Gasteiger charge is -2.28. The summed E-state index contributed by atoms with van der Waals surface area (Å²) in [6, 6.07) is 14.6.